The van der Waals surface area contributed by atoms with Crippen molar-refractivity contribution < 1.29 is 9.32 Å². The van der Waals surface area contributed by atoms with Crippen molar-refractivity contribution in [2.75, 3.05) is 0 Å². The van der Waals surface area contributed by atoms with E-state index in [1.54, 1.807) is 31.2 Å². The molecule has 3 aromatic rings. The molecule has 0 bridgehead atoms. The van der Waals surface area contributed by atoms with Gasteiger partial charge in [0.05, 0.1) is 0 Å². The number of halogens is 1. The average molecular weight is 384 g/mol. The standard InChI is InChI=1S/C21H22ClN3O2/c1-13(23-19(26)15-7-11-17(22)12-8-15)20-24-18(25-27-20)14-5-9-16(10-6-14)21(2,3)4/h5-13H,1-4H3,(H,23,26)/t13-/m0/s1. The Bertz CT molecular complexity index is 925. The highest BCUT2D eigenvalue weighted by Gasteiger charge is 2.19. The lowest BCUT2D eigenvalue weighted by molar-refractivity contribution is 0.0932. The van der Waals surface area contributed by atoms with E-state index in [1.165, 1.54) is 5.56 Å². The van der Waals surface area contributed by atoms with Gasteiger partial charge in [-0.3, -0.25) is 4.79 Å². The van der Waals surface area contributed by atoms with Crippen LogP contribution in [0.15, 0.2) is 53.1 Å². The van der Waals surface area contributed by atoms with Crippen LogP contribution >= 0.6 is 11.6 Å². The number of rotatable bonds is 4. The first-order valence-corrected chi connectivity index (χ1v) is 9.13. The Morgan fingerprint density at radius 2 is 1.70 bits per heavy atom. The van der Waals surface area contributed by atoms with Crippen LogP contribution in [0.1, 0.15) is 55.5 Å². The topological polar surface area (TPSA) is 68.0 Å². The van der Waals surface area contributed by atoms with E-state index in [1.807, 2.05) is 12.1 Å². The summed E-state index contributed by atoms with van der Waals surface area (Å²) in [5, 5.41) is 7.47. The molecular formula is C21H22ClN3O2. The average Bonchev–Trinajstić information content (AvgIpc) is 3.12. The molecule has 1 N–H and O–H groups in total. The number of carbonyl (C=O) groups excluding carboxylic acids is 1. The third kappa shape index (κ3) is 4.55. The Kier molecular flexibility index (Phi) is 5.33. The minimum atomic E-state index is -0.414. The van der Waals surface area contributed by atoms with Gasteiger partial charge in [0.1, 0.15) is 6.04 Å². The Morgan fingerprint density at radius 3 is 2.30 bits per heavy atom. The first-order chi connectivity index (χ1) is 12.7. The summed E-state index contributed by atoms with van der Waals surface area (Å²) < 4.78 is 5.34. The van der Waals surface area contributed by atoms with Crippen molar-refractivity contribution in [2.45, 2.75) is 39.2 Å². The summed E-state index contributed by atoms with van der Waals surface area (Å²) in [6.45, 7) is 8.30. The largest absolute Gasteiger partial charge is 0.341 e. The van der Waals surface area contributed by atoms with Crippen LogP contribution in [-0.2, 0) is 5.41 Å². The zero-order valence-corrected chi connectivity index (χ0v) is 16.5. The van der Waals surface area contributed by atoms with Crippen LogP contribution in [0.4, 0.5) is 0 Å². The number of benzene rings is 2. The SMILES string of the molecule is C[C@H](NC(=O)c1ccc(Cl)cc1)c1nc(-c2ccc(C(C)(C)C)cc2)no1. The van der Waals surface area contributed by atoms with Gasteiger partial charge in [-0.15, -0.1) is 0 Å². The van der Waals surface area contributed by atoms with Crippen molar-refractivity contribution in [1.29, 1.82) is 0 Å². The van der Waals surface area contributed by atoms with Crippen molar-refractivity contribution in [3.8, 4) is 11.4 Å². The van der Waals surface area contributed by atoms with Gasteiger partial charge < -0.3 is 9.84 Å². The number of aromatic nitrogens is 2. The first kappa shape index (κ1) is 19.1. The molecule has 5 nitrogen and oxygen atoms in total. The maximum absolute atomic E-state index is 12.3. The monoisotopic (exact) mass is 383 g/mol. The Labute approximate surface area is 163 Å². The highest BCUT2D eigenvalue weighted by molar-refractivity contribution is 6.30. The van der Waals surface area contributed by atoms with Crippen molar-refractivity contribution in [2.24, 2.45) is 0 Å². The summed E-state index contributed by atoms with van der Waals surface area (Å²) in [6.07, 6.45) is 0. The molecule has 0 aliphatic carbocycles. The lowest BCUT2D eigenvalue weighted by Crippen LogP contribution is -2.26. The van der Waals surface area contributed by atoms with Gasteiger partial charge in [0.2, 0.25) is 11.7 Å². The van der Waals surface area contributed by atoms with Crippen LogP contribution in [0.2, 0.25) is 5.02 Å². The molecule has 1 amide bonds. The number of hydrogen-bond acceptors (Lipinski definition) is 4. The van der Waals surface area contributed by atoms with Crippen molar-refractivity contribution in [3.63, 3.8) is 0 Å². The van der Waals surface area contributed by atoms with Crippen molar-refractivity contribution >= 4 is 17.5 Å². The molecule has 0 saturated heterocycles. The number of hydrogen-bond donors (Lipinski definition) is 1. The van der Waals surface area contributed by atoms with Gasteiger partial charge in [0, 0.05) is 16.1 Å². The molecule has 1 atom stereocenters. The van der Waals surface area contributed by atoms with E-state index < -0.39 is 6.04 Å². The molecule has 0 saturated carbocycles. The number of carbonyl (C=O) groups is 1. The van der Waals surface area contributed by atoms with Gasteiger partial charge in [-0.05, 0) is 42.2 Å². The third-order valence-corrected chi connectivity index (χ3v) is 4.53. The normalized spacial score (nSPS) is 12.6. The van der Waals surface area contributed by atoms with Gasteiger partial charge in [-0.1, -0.05) is 61.8 Å². The van der Waals surface area contributed by atoms with Crippen LogP contribution in [0.5, 0.6) is 0 Å². The predicted molar refractivity (Wildman–Crippen MR) is 106 cm³/mol. The van der Waals surface area contributed by atoms with Gasteiger partial charge in [-0.25, -0.2) is 0 Å². The maximum Gasteiger partial charge on any atom is 0.251 e. The van der Waals surface area contributed by atoms with Crippen molar-refractivity contribution in [1.82, 2.24) is 15.5 Å². The summed E-state index contributed by atoms with van der Waals surface area (Å²) in [6, 6.07) is 14.4. The van der Waals surface area contributed by atoms with Crippen molar-refractivity contribution in [3.05, 3.63) is 70.6 Å². The quantitative estimate of drug-likeness (QED) is 0.674. The number of nitrogens with one attached hydrogen (secondary N) is 1. The summed E-state index contributed by atoms with van der Waals surface area (Å²) in [5.41, 5.74) is 2.71. The van der Waals surface area contributed by atoms with Crippen LogP contribution in [0.25, 0.3) is 11.4 Å². The second-order valence-electron chi connectivity index (χ2n) is 7.49. The Hall–Kier alpha value is -2.66. The van der Waals surface area contributed by atoms with E-state index in [4.69, 9.17) is 16.1 Å². The summed E-state index contributed by atoms with van der Waals surface area (Å²) in [7, 11) is 0. The molecule has 1 heterocycles. The van der Waals surface area contributed by atoms with E-state index in [9.17, 15) is 4.79 Å². The fourth-order valence-electron chi connectivity index (χ4n) is 2.59. The van der Waals surface area contributed by atoms with Crippen LogP contribution in [-0.4, -0.2) is 16.0 Å². The fraction of sp³-hybridized carbons (Fsp3) is 0.286. The molecule has 0 radical (unpaired) electrons. The highest BCUT2D eigenvalue weighted by atomic mass is 35.5. The second kappa shape index (κ2) is 7.53. The van der Waals surface area contributed by atoms with Gasteiger partial charge in [-0.2, -0.15) is 4.98 Å². The Balaban J connectivity index is 1.71. The molecule has 6 heteroatoms. The number of amides is 1. The summed E-state index contributed by atoms with van der Waals surface area (Å²) in [4.78, 5) is 16.7. The molecule has 140 valence electrons. The number of nitrogens with zero attached hydrogens (tertiary/aromatic N) is 2. The van der Waals surface area contributed by atoms with E-state index in [0.29, 0.717) is 22.3 Å². The first-order valence-electron chi connectivity index (χ1n) is 8.75. The van der Waals surface area contributed by atoms with E-state index >= 15 is 0 Å². The zero-order valence-electron chi connectivity index (χ0n) is 15.8. The smallest absolute Gasteiger partial charge is 0.251 e. The lowest BCUT2D eigenvalue weighted by Gasteiger charge is -2.18. The van der Waals surface area contributed by atoms with Gasteiger partial charge in [0.15, 0.2) is 0 Å². The summed E-state index contributed by atoms with van der Waals surface area (Å²) >= 11 is 5.85. The molecule has 0 aliphatic heterocycles. The second-order valence-corrected chi connectivity index (χ2v) is 7.92. The van der Waals surface area contributed by atoms with Gasteiger partial charge >= 0.3 is 0 Å². The van der Waals surface area contributed by atoms with E-state index in [0.717, 1.165) is 5.56 Å². The molecule has 0 fully saturated rings. The predicted octanol–water partition coefficient (Wildman–Crippen LogP) is 5.18. The van der Waals surface area contributed by atoms with Gasteiger partial charge in [0.25, 0.3) is 5.91 Å². The lowest BCUT2D eigenvalue weighted by atomic mass is 9.87. The minimum Gasteiger partial charge on any atom is -0.341 e. The third-order valence-electron chi connectivity index (χ3n) is 4.28. The Morgan fingerprint density at radius 1 is 1.07 bits per heavy atom. The molecule has 0 aliphatic rings. The van der Waals surface area contributed by atoms with Crippen LogP contribution < -0.4 is 5.32 Å². The molecule has 2 aromatic carbocycles. The van der Waals surface area contributed by atoms with Crippen LogP contribution in [0, 0.1) is 0 Å². The van der Waals surface area contributed by atoms with E-state index in [-0.39, 0.29) is 11.3 Å². The zero-order chi connectivity index (χ0) is 19.6. The highest BCUT2D eigenvalue weighted by Crippen LogP contribution is 2.25. The molecule has 0 spiro atoms. The van der Waals surface area contributed by atoms with E-state index in [2.05, 4.69) is 48.4 Å². The molecular weight excluding hydrogens is 362 g/mol. The fourth-order valence-corrected chi connectivity index (χ4v) is 2.72. The maximum atomic E-state index is 12.3. The van der Waals surface area contributed by atoms with Crippen LogP contribution in [0.3, 0.4) is 0 Å². The summed E-state index contributed by atoms with van der Waals surface area (Å²) in [5.74, 6) is 0.624. The molecule has 3 rings (SSSR count). The minimum absolute atomic E-state index is 0.0847. The molecule has 1 aromatic heterocycles. The molecule has 0 unspecified atom stereocenters. The molecule has 27 heavy (non-hydrogen) atoms.